The predicted molar refractivity (Wildman–Crippen MR) is 128 cm³/mol. The van der Waals surface area contributed by atoms with E-state index in [1.165, 1.54) is 12.1 Å². The minimum Gasteiger partial charge on any atom is -0.497 e. The molecule has 3 rings (SSSR count). The van der Waals surface area contributed by atoms with E-state index in [1.807, 2.05) is 24.3 Å². The molecule has 0 aliphatic rings. The molecule has 8 nitrogen and oxygen atoms in total. The van der Waals surface area contributed by atoms with Crippen LogP contribution in [0.1, 0.15) is 29.3 Å². The van der Waals surface area contributed by atoms with Gasteiger partial charge in [0, 0.05) is 23.4 Å². The summed E-state index contributed by atoms with van der Waals surface area (Å²) in [4.78, 5) is 36.1. The first-order valence-electron chi connectivity index (χ1n) is 10.8. The molecule has 0 unspecified atom stereocenters. The standard InChI is InChI=1S/C26H26N2O6/c1-3-33-26(31)34-22-14-8-19(9-15-22)25(30)28-21-12-10-20(11-13-21)27-24(29)16-7-18-5-4-6-23(17-18)32-2/h4-6,8-15,17H,3,7,16H2,1-2H3,(H,27,29)(H,28,30). The topological polar surface area (TPSA) is 103 Å². The summed E-state index contributed by atoms with van der Waals surface area (Å²) in [6.07, 6.45) is 0.134. The molecule has 0 heterocycles. The summed E-state index contributed by atoms with van der Waals surface area (Å²) in [5.74, 6) is 0.612. The number of carbonyl (C=O) groups is 3. The molecule has 0 aliphatic heterocycles. The lowest BCUT2D eigenvalue weighted by Gasteiger charge is -2.09. The van der Waals surface area contributed by atoms with Gasteiger partial charge in [0.15, 0.2) is 0 Å². The van der Waals surface area contributed by atoms with Crippen molar-refractivity contribution < 1.29 is 28.6 Å². The second-order valence-electron chi connectivity index (χ2n) is 7.24. The van der Waals surface area contributed by atoms with E-state index in [-0.39, 0.29) is 24.2 Å². The first-order chi connectivity index (χ1) is 16.5. The van der Waals surface area contributed by atoms with Gasteiger partial charge in [-0.1, -0.05) is 12.1 Å². The van der Waals surface area contributed by atoms with Gasteiger partial charge in [-0.15, -0.1) is 0 Å². The molecule has 0 saturated carbocycles. The fraction of sp³-hybridized carbons (Fsp3) is 0.192. The summed E-state index contributed by atoms with van der Waals surface area (Å²) in [6.45, 7) is 1.89. The zero-order valence-electron chi connectivity index (χ0n) is 19.0. The smallest absolute Gasteiger partial charge is 0.497 e. The van der Waals surface area contributed by atoms with Crippen LogP contribution in [0.3, 0.4) is 0 Å². The number of aryl methyl sites for hydroxylation is 1. The van der Waals surface area contributed by atoms with Crippen LogP contribution in [0.25, 0.3) is 0 Å². The van der Waals surface area contributed by atoms with Crippen LogP contribution < -0.4 is 20.1 Å². The average Bonchev–Trinajstić information content (AvgIpc) is 2.84. The molecule has 34 heavy (non-hydrogen) atoms. The summed E-state index contributed by atoms with van der Waals surface area (Å²) in [7, 11) is 1.61. The Balaban J connectivity index is 1.48. The molecule has 0 bridgehead atoms. The summed E-state index contributed by atoms with van der Waals surface area (Å²) in [6, 6.07) is 20.6. The third-order valence-electron chi connectivity index (χ3n) is 4.78. The molecule has 3 aromatic carbocycles. The van der Waals surface area contributed by atoms with Crippen molar-refractivity contribution in [2.75, 3.05) is 24.4 Å². The monoisotopic (exact) mass is 462 g/mol. The van der Waals surface area contributed by atoms with Gasteiger partial charge >= 0.3 is 6.16 Å². The zero-order chi connectivity index (χ0) is 24.3. The number of hydrogen-bond donors (Lipinski definition) is 2. The SMILES string of the molecule is CCOC(=O)Oc1ccc(C(=O)Nc2ccc(NC(=O)CCc3cccc(OC)c3)cc2)cc1. The lowest BCUT2D eigenvalue weighted by molar-refractivity contribution is -0.116. The number of carbonyl (C=O) groups excluding carboxylic acids is 3. The molecule has 2 amide bonds. The molecule has 0 radical (unpaired) electrons. The van der Waals surface area contributed by atoms with E-state index in [0.29, 0.717) is 29.8 Å². The van der Waals surface area contributed by atoms with Gasteiger partial charge in [0.2, 0.25) is 5.91 Å². The molecule has 0 atom stereocenters. The van der Waals surface area contributed by atoms with Gasteiger partial charge in [-0.3, -0.25) is 9.59 Å². The van der Waals surface area contributed by atoms with Crippen molar-refractivity contribution in [1.29, 1.82) is 0 Å². The van der Waals surface area contributed by atoms with Crippen LogP contribution in [0, 0.1) is 0 Å². The van der Waals surface area contributed by atoms with Crippen LogP contribution in [0.2, 0.25) is 0 Å². The number of rotatable bonds is 9. The fourth-order valence-electron chi connectivity index (χ4n) is 3.07. The number of hydrogen-bond acceptors (Lipinski definition) is 6. The Hall–Kier alpha value is -4.33. The molecular weight excluding hydrogens is 436 g/mol. The highest BCUT2D eigenvalue weighted by molar-refractivity contribution is 6.04. The van der Waals surface area contributed by atoms with Gasteiger partial charge in [0.25, 0.3) is 5.91 Å². The Bertz CT molecular complexity index is 1130. The maximum absolute atomic E-state index is 12.5. The van der Waals surface area contributed by atoms with Gasteiger partial charge in [0.1, 0.15) is 11.5 Å². The van der Waals surface area contributed by atoms with E-state index in [4.69, 9.17) is 14.2 Å². The van der Waals surface area contributed by atoms with Crippen LogP contribution in [0.15, 0.2) is 72.8 Å². The first-order valence-corrected chi connectivity index (χ1v) is 10.8. The molecule has 0 fully saturated rings. The van der Waals surface area contributed by atoms with E-state index >= 15 is 0 Å². The van der Waals surface area contributed by atoms with E-state index < -0.39 is 6.16 Å². The first kappa shape index (κ1) is 24.3. The Morgan fingerprint density at radius 3 is 2.15 bits per heavy atom. The van der Waals surface area contributed by atoms with Crippen molar-refractivity contribution in [2.24, 2.45) is 0 Å². The molecule has 2 N–H and O–H groups in total. The highest BCUT2D eigenvalue weighted by Crippen LogP contribution is 2.18. The molecule has 0 aliphatic carbocycles. The third kappa shape index (κ3) is 7.37. The molecule has 8 heteroatoms. The van der Waals surface area contributed by atoms with Gasteiger partial charge < -0.3 is 24.8 Å². The van der Waals surface area contributed by atoms with Crippen molar-refractivity contribution in [3.8, 4) is 11.5 Å². The minimum absolute atomic E-state index is 0.107. The molecule has 176 valence electrons. The molecular formula is C26H26N2O6. The van der Waals surface area contributed by atoms with Crippen molar-refractivity contribution in [3.05, 3.63) is 83.9 Å². The average molecular weight is 463 g/mol. The maximum Gasteiger partial charge on any atom is 0.513 e. The van der Waals surface area contributed by atoms with E-state index in [2.05, 4.69) is 10.6 Å². The van der Waals surface area contributed by atoms with Gasteiger partial charge in [0.05, 0.1) is 13.7 Å². The minimum atomic E-state index is -0.799. The Kier molecular flexibility index (Phi) is 8.62. The number of ether oxygens (including phenoxy) is 3. The number of methoxy groups -OCH3 is 1. The lowest BCUT2D eigenvalue weighted by atomic mass is 10.1. The Labute approximate surface area is 197 Å². The highest BCUT2D eigenvalue weighted by Gasteiger charge is 2.10. The number of anilines is 2. The van der Waals surface area contributed by atoms with Crippen LogP contribution in [-0.4, -0.2) is 31.7 Å². The third-order valence-corrected chi connectivity index (χ3v) is 4.78. The lowest BCUT2D eigenvalue weighted by Crippen LogP contribution is -2.14. The van der Waals surface area contributed by atoms with Crippen LogP contribution in [-0.2, 0) is 16.0 Å². The van der Waals surface area contributed by atoms with Gasteiger partial charge in [-0.25, -0.2) is 4.79 Å². The summed E-state index contributed by atoms with van der Waals surface area (Å²) in [5.41, 5.74) is 2.62. The van der Waals surface area contributed by atoms with E-state index in [1.54, 1.807) is 50.4 Å². The quantitative estimate of drug-likeness (QED) is 0.341. The number of amides is 2. The van der Waals surface area contributed by atoms with Gasteiger partial charge in [-0.05, 0) is 79.6 Å². The summed E-state index contributed by atoms with van der Waals surface area (Å²) in [5, 5.41) is 5.63. The maximum atomic E-state index is 12.5. The molecule has 0 aromatic heterocycles. The van der Waals surface area contributed by atoms with Crippen molar-refractivity contribution in [2.45, 2.75) is 19.8 Å². The summed E-state index contributed by atoms with van der Waals surface area (Å²) < 4.78 is 14.9. The predicted octanol–water partition coefficient (Wildman–Crippen LogP) is 5.05. The largest absolute Gasteiger partial charge is 0.513 e. The van der Waals surface area contributed by atoms with Crippen molar-refractivity contribution in [3.63, 3.8) is 0 Å². The molecule has 0 saturated heterocycles. The van der Waals surface area contributed by atoms with Crippen LogP contribution >= 0.6 is 0 Å². The van der Waals surface area contributed by atoms with E-state index in [9.17, 15) is 14.4 Å². The van der Waals surface area contributed by atoms with Gasteiger partial charge in [-0.2, -0.15) is 0 Å². The summed E-state index contributed by atoms with van der Waals surface area (Å²) >= 11 is 0. The zero-order valence-corrected chi connectivity index (χ0v) is 19.0. The van der Waals surface area contributed by atoms with Crippen LogP contribution in [0.4, 0.5) is 16.2 Å². The number of benzene rings is 3. The fourth-order valence-corrected chi connectivity index (χ4v) is 3.07. The second-order valence-corrected chi connectivity index (χ2v) is 7.24. The highest BCUT2D eigenvalue weighted by atomic mass is 16.7. The van der Waals surface area contributed by atoms with Crippen molar-refractivity contribution >= 4 is 29.3 Å². The Morgan fingerprint density at radius 2 is 1.50 bits per heavy atom. The van der Waals surface area contributed by atoms with Crippen molar-refractivity contribution in [1.82, 2.24) is 0 Å². The normalized spacial score (nSPS) is 10.2. The van der Waals surface area contributed by atoms with Crippen LogP contribution in [0.5, 0.6) is 11.5 Å². The Morgan fingerprint density at radius 1 is 0.824 bits per heavy atom. The van der Waals surface area contributed by atoms with E-state index in [0.717, 1.165) is 11.3 Å². The number of nitrogens with one attached hydrogen (secondary N) is 2. The molecule has 3 aromatic rings. The molecule has 0 spiro atoms. The second kappa shape index (κ2) is 12.1.